The number of hydrogen-bond donors (Lipinski definition) is 2. The second kappa shape index (κ2) is 7.61. The first-order valence-electron chi connectivity index (χ1n) is 7.85. The van der Waals surface area contributed by atoms with Crippen LogP contribution in [-0.2, 0) is 19.4 Å². The van der Waals surface area contributed by atoms with E-state index in [1.54, 1.807) is 6.08 Å². The summed E-state index contributed by atoms with van der Waals surface area (Å²) in [6.45, 7) is 4.22. The van der Waals surface area contributed by atoms with E-state index in [4.69, 9.17) is 0 Å². The highest BCUT2D eigenvalue weighted by Gasteiger charge is 2.32. The second-order valence-electron chi connectivity index (χ2n) is 6.23. The molecule has 1 fully saturated rings. The number of hydrazine groups is 1. The molecule has 0 unspecified atom stereocenters. The molecule has 6 nitrogen and oxygen atoms in total. The fraction of sp³-hybridized carbons (Fsp3) is 0.412. The molecule has 1 atom stereocenters. The van der Waals surface area contributed by atoms with Gasteiger partial charge in [-0.15, -0.1) is 0 Å². The lowest BCUT2D eigenvalue weighted by molar-refractivity contribution is -0.129. The van der Waals surface area contributed by atoms with Gasteiger partial charge in [0, 0.05) is 6.08 Å². The second-order valence-corrected chi connectivity index (χ2v) is 8.46. The molecule has 1 aromatic rings. The highest BCUT2D eigenvalue weighted by Crippen LogP contribution is 2.18. The smallest absolute Gasteiger partial charge is 0.262 e. The van der Waals surface area contributed by atoms with Crippen molar-refractivity contribution in [3.8, 4) is 0 Å². The summed E-state index contributed by atoms with van der Waals surface area (Å²) in [6, 6.07) is 7.84. The normalized spacial score (nSPS) is 19.5. The Hall–Kier alpha value is -2.15. The monoisotopic (exact) mass is 350 g/mol. The Morgan fingerprint density at radius 3 is 2.38 bits per heavy atom. The Kier molecular flexibility index (Phi) is 5.77. The molecule has 130 valence electrons. The maximum atomic E-state index is 11.8. The summed E-state index contributed by atoms with van der Waals surface area (Å²) < 4.78 is 22.7. The highest BCUT2D eigenvalue weighted by molar-refractivity contribution is 7.91. The largest absolute Gasteiger partial charge is 0.273 e. The van der Waals surface area contributed by atoms with Gasteiger partial charge in [-0.2, -0.15) is 0 Å². The van der Waals surface area contributed by atoms with Gasteiger partial charge >= 0.3 is 0 Å². The molecular formula is C17H22N2O4S. The average molecular weight is 350 g/mol. The third-order valence-corrected chi connectivity index (χ3v) is 5.71. The molecule has 0 bridgehead atoms. The molecule has 1 saturated heterocycles. The van der Waals surface area contributed by atoms with E-state index < -0.39 is 27.6 Å². The van der Waals surface area contributed by atoms with Gasteiger partial charge in [-0.25, -0.2) is 8.42 Å². The Morgan fingerprint density at radius 2 is 1.83 bits per heavy atom. The number of hydrogen-bond acceptors (Lipinski definition) is 4. The summed E-state index contributed by atoms with van der Waals surface area (Å²) in [5.74, 6) is -1.24. The van der Waals surface area contributed by atoms with Crippen molar-refractivity contribution in [1.82, 2.24) is 10.9 Å². The maximum absolute atomic E-state index is 11.8. The first-order chi connectivity index (χ1) is 11.3. The summed E-state index contributed by atoms with van der Waals surface area (Å²) >= 11 is 0. The zero-order valence-corrected chi connectivity index (χ0v) is 14.6. The summed E-state index contributed by atoms with van der Waals surface area (Å²) in [7, 11) is -3.12. The average Bonchev–Trinajstić information content (AvgIpc) is 2.91. The van der Waals surface area contributed by atoms with Crippen LogP contribution in [0, 0.1) is 5.92 Å². The van der Waals surface area contributed by atoms with E-state index in [0.717, 1.165) is 5.56 Å². The van der Waals surface area contributed by atoms with Crippen LogP contribution in [0.25, 0.3) is 6.08 Å². The lowest BCUT2D eigenvalue weighted by atomic mass is 10.0. The summed E-state index contributed by atoms with van der Waals surface area (Å²) in [6.07, 6.45) is 3.25. The molecule has 0 aliphatic carbocycles. The van der Waals surface area contributed by atoms with E-state index in [0.29, 0.717) is 12.3 Å². The van der Waals surface area contributed by atoms with Gasteiger partial charge in [0.15, 0.2) is 9.84 Å². The minimum absolute atomic E-state index is 0.0192. The van der Waals surface area contributed by atoms with E-state index in [1.165, 1.54) is 11.6 Å². The number of rotatable bonds is 4. The van der Waals surface area contributed by atoms with Crippen molar-refractivity contribution < 1.29 is 18.0 Å². The zero-order chi connectivity index (χ0) is 17.7. The van der Waals surface area contributed by atoms with Crippen molar-refractivity contribution in [2.24, 2.45) is 5.92 Å². The van der Waals surface area contributed by atoms with Gasteiger partial charge in [0.2, 0.25) is 5.91 Å². The Morgan fingerprint density at radius 1 is 1.17 bits per heavy atom. The molecule has 2 rings (SSSR count). The van der Waals surface area contributed by atoms with Crippen LogP contribution in [0.2, 0.25) is 0 Å². The summed E-state index contributed by atoms with van der Waals surface area (Å²) in [5, 5.41) is 0. The van der Waals surface area contributed by atoms with Crippen LogP contribution >= 0.6 is 0 Å². The van der Waals surface area contributed by atoms with E-state index >= 15 is 0 Å². The third-order valence-electron chi connectivity index (χ3n) is 3.94. The molecule has 2 N–H and O–H groups in total. The fourth-order valence-electron chi connectivity index (χ4n) is 2.43. The molecule has 0 radical (unpaired) electrons. The zero-order valence-electron chi connectivity index (χ0n) is 13.8. The van der Waals surface area contributed by atoms with Gasteiger partial charge < -0.3 is 0 Å². The first-order valence-corrected chi connectivity index (χ1v) is 9.67. The molecule has 1 aromatic carbocycles. The number of nitrogens with one attached hydrogen (secondary N) is 2. The van der Waals surface area contributed by atoms with Crippen LogP contribution in [0.15, 0.2) is 30.3 Å². The minimum Gasteiger partial charge on any atom is -0.273 e. The van der Waals surface area contributed by atoms with Crippen LogP contribution in [0.1, 0.15) is 37.3 Å². The van der Waals surface area contributed by atoms with E-state index in [9.17, 15) is 18.0 Å². The molecule has 1 aliphatic rings. The molecular weight excluding hydrogens is 328 g/mol. The van der Waals surface area contributed by atoms with Crippen molar-refractivity contribution in [2.75, 3.05) is 11.5 Å². The van der Waals surface area contributed by atoms with Crippen LogP contribution in [0.4, 0.5) is 0 Å². The van der Waals surface area contributed by atoms with Crippen molar-refractivity contribution >= 4 is 27.7 Å². The molecule has 0 spiro atoms. The topological polar surface area (TPSA) is 92.3 Å². The van der Waals surface area contributed by atoms with Crippen LogP contribution in [0.3, 0.4) is 0 Å². The lowest BCUT2D eigenvalue weighted by Crippen LogP contribution is -2.44. The third kappa shape index (κ3) is 5.19. The standard InChI is InChI=1S/C17H22N2O4S/c1-12(2)14-6-3-13(4-7-14)5-8-16(20)18-19-17(21)15-9-10-24(22,23)11-15/h3-8,12,15H,9-11H2,1-2H3,(H,18,20)(H,19,21)/b8-5+/t15-/m1/s1. The van der Waals surface area contributed by atoms with Gasteiger partial charge in [-0.3, -0.25) is 20.4 Å². The summed E-state index contributed by atoms with van der Waals surface area (Å²) in [5.41, 5.74) is 6.63. The fourth-order valence-corrected chi connectivity index (χ4v) is 4.17. The van der Waals surface area contributed by atoms with Gasteiger partial charge in [0.1, 0.15) is 0 Å². The Labute approximate surface area is 142 Å². The number of carbonyl (C=O) groups excluding carboxylic acids is 2. The predicted octanol–water partition coefficient (Wildman–Crippen LogP) is 1.41. The van der Waals surface area contributed by atoms with Gasteiger partial charge in [0.25, 0.3) is 5.91 Å². The van der Waals surface area contributed by atoms with Gasteiger partial charge in [0.05, 0.1) is 17.4 Å². The number of amides is 2. The quantitative estimate of drug-likeness (QED) is 0.634. The Bertz CT molecular complexity index is 736. The number of benzene rings is 1. The SMILES string of the molecule is CC(C)c1ccc(/C=C/C(=O)NNC(=O)[C@@H]2CCS(=O)(=O)C2)cc1. The van der Waals surface area contributed by atoms with E-state index in [-0.39, 0.29) is 11.5 Å². The van der Waals surface area contributed by atoms with Crippen LogP contribution < -0.4 is 10.9 Å². The van der Waals surface area contributed by atoms with Crippen LogP contribution in [0.5, 0.6) is 0 Å². The van der Waals surface area contributed by atoms with Crippen molar-refractivity contribution in [3.05, 3.63) is 41.5 Å². The predicted molar refractivity (Wildman–Crippen MR) is 92.6 cm³/mol. The lowest BCUT2D eigenvalue weighted by Gasteiger charge is -2.09. The van der Waals surface area contributed by atoms with Gasteiger partial charge in [-0.1, -0.05) is 38.1 Å². The molecule has 2 amide bonds. The minimum atomic E-state index is -3.12. The van der Waals surface area contributed by atoms with E-state index in [2.05, 4.69) is 24.7 Å². The molecule has 0 aromatic heterocycles. The molecule has 0 saturated carbocycles. The molecule has 24 heavy (non-hydrogen) atoms. The highest BCUT2D eigenvalue weighted by atomic mass is 32.2. The van der Waals surface area contributed by atoms with Crippen LogP contribution in [-0.4, -0.2) is 31.7 Å². The van der Waals surface area contributed by atoms with Crippen molar-refractivity contribution in [2.45, 2.75) is 26.2 Å². The molecule has 1 aliphatic heterocycles. The van der Waals surface area contributed by atoms with E-state index in [1.807, 2.05) is 24.3 Å². The van der Waals surface area contributed by atoms with Crippen molar-refractivity contribution in [3.63, 3.8) is 0 Å². The first kappa shape index (κ1) is 18.2. The Balaban J connectivity index is 1.81. The molecule has 1 heterocycles. The maximum Gasteiger partial charge on any atom is 0.262 e. The number of carbonyl (C=O) groups is 2. The molecule has 7 heteroatoms. The summed E-state index contributed by atoms with van der Waals surface area (Å²) in [4.78, 5) is 23.5. The van der Waals surface area contributed by atoms with Crippen molar-refractivity contribution in [1.29, 1.82) is 0 Å². The number of sulfone groups is 1. The van der Waals surface area contributed by atoms with Gasteiger partial charge in [-0.05, 0) is 29.5 Å².